The van der Waals surface area contributed by atoms with Gasteiger partial charge >= 0.3 is 0 Å². The summed E-state index contributed by atoms with van der Waals surface area (Å²) >= 11 is 0. The van der Waals surface area contributed by atoms with Gasteiger partial charge in [-0.3, -0.25) is 4.98 Å². The van der Waals surface area contributed by atoms with Gasteiger partial charge in [0.05, 0.1) is 19.3 Å². The summed E-state index contributed by atoms with van der Waals surface area (Å²) < 4.78 is 10.8. The molecule has 2 heterocycles. The molecule has 1 aromatic rings. The van der Waals surface area contributed by atoms with Crippen molar-refractivity contribution in [2.45, 2.75) is 37.9 Å². The standard InChI is InChI=1S/C12H18N2O3/c1-11(2)8-12(15,4-7-17-11)9-10(16-3)14-6-5-13-9/h5-6,15H,4,7-8H2,1-3H3. The van der Waals surface area contributed by atoms with E-state index in [1.165, 1.54) is 7.11 Å². The summed E-state index contributed by atoms with van der Waals surface area (Å²) in [7, 11) is 1.53. The second-order valence-electron chi connectivity index (χ2n) is 4.98. The Bertz CT molecular complexity index is 408. The first-order chi connectivity index (χ1) is 7.97. The molecule has 0 spiro atoms. The van der Waals surface area contributed by atoms with Crippen LogP contribution < -0.4 is 4.74 Å². The zero-order valence-electron chi connectivity index (χ0n) is 10.4. The Kier molecular flexibility index (Phi) is 3.05. The highest BCUT2D eigenvalue weighted by molar-refractivity contribution is 5.25. The third-order valence-corrected chi connectivity index (χ3v) is 3.03. The normalized spacial score (nSPS) is 27.8. The van der Waals surface area contributed by atoms with E-state index in [0.29, 0.717) is 31.0 Å². The molecule has 1 aliphatic heterocycles. The van der Waals surface area contributed by atoms with Crippen molar-refractivity contribution in [1.82, 2.24) is 9.97 Å². The van der Waals surface area contributed by atoms with E-state index in [9.17, 15) is 5.11 Å². The number of hydrogen-bond donors (Lipinski definition) is 1. The minimum atomic E-state index is -1.03. The van der Waals surface area contributed by atoms with Crippen LogP contribution in [0.25, 0.3) is 0 Å². The Morgan fingerprint density at radius 2 is 2.06 bits per heavy atom. The van der Waals surface area contributed by atoms with E-state index in [1.807, 2.05) is 13.8 Å². The number of nitrogens with zero attached hydrogens (tertiary/aromatic N) is 2. The number of ether oxygens (including phenoxy) is 2. The molecule has 0 bridgehead atoms. The molecule has 1 aromatic heterocycles. The highest BCUT2D eigenvalue weighted by Gasteiger charge is 2.43. The van der Waals surface area contributed by atoms with Crippen LogP contribution >= 0.6 is 0 Å². The van der Waals surface area contributed by atoms with Crippen molar-refractivity contribution < 1.29 is 14.6 Å². The smallest absolute Gasteiger partial charge is 0.238 e. The third-order valence-electron chi connectivity index (χ3n) is 3.03. The summed E-state index contributed by atoms with van der Waals surface area (Å²) in [5.74, 6) is 0.382. The number of hydrogen-bond acceptors (Lipinski definition) is 5. The lowest BCUT2D eigenvalue weighted by Gasteiger charge is -2.41. The first-order valence-electron chi connectivity index (χ1n) is 5.69. The summed E-state index contributed by atoms with van der Waals surface area (Å²) in [5, 5.41) is 10.7. The molecule has 0 saturated carbocycles. The molecule has 1 unspecified atom stereocenters. The van der Waals surface area contributed by atoms with Gasteiger partial charge in [0, 0.05) is 25.2 Å². The summed E-state index contributed by atoms with van der Waals surface area (Å²) in [5.41, 5.74) is -0.893. The van der Waals surface area contributed by atoms with E-state index < -0.39 is 5.60 Å². The fourth-order valence-electron chi connectivity index (χ4n) is 2.34. The monoisotopic (exact) mass is 238 g/mol. The minimum Gasteiger partial charge on any atom is -0.480 e. The van der Waals surface area contributed by atoms with E-state index in [0.717, 1.165) is 0 Å². The summed E-state index contributed by atoms with van der Waals surface area (Å²) in [6.07, 6.45) is 4.11. The van der Waals surface area contributed by atoms with E-state index in [-0.39, 0.29) is 5.60 Å². The van der Waals surface area contributed by atoms with Gasteiger partial charge in [-0.05, 0) is 13.8 Å². The molecule has 2 rings (SSSR count). The largest absolute Gasteiger partial charge is 0.480 e. The van der Waals surface area contributed by atoms with Gasteiger partial charge in [-0.2, -0.15) is 0 Å². The van der Waals surface area contributed by atoms with Crippen LogP contribution in [0.5, 0.6) is 5.88 Å². The van der Waals surface area contributed by atoms with E-state index >= 15 is 0 Å². The molecule has 1 saturated heterocycles. The van der Waals surface area contributed by atoms with Gasteiger partial charge in [-0.1, -0.05) is 0 Å². The zero-order chi connectivity index (χ0) is 12.5. The predicted molar refractivity (Wildman–Crippen MR) is 61.7 cm³/mol. The van der Waals surface area contributed by atoms with E-state index in [2.05, 4.69) is 9.97 Å². The molecule has 94 valence electrons. The van der Waals surface area contributed by atoms with E-state index in [4.69, 9.17) is 9.47 Å². The number of aliphatic hydroxyl groups is 1. The first kappa shape index (κ1) is 12.3. The van der Waals surface area contributed by atoms with Crippen molar-refractivity contribution in [3.63, 3.8) is 0 Å². The molecular weight excluding hydrogens is 220 g/mol. The lowest BCUT2D eigenvalue weighted by Crippen LogP contribution is -2.44. The molecule has 5 nitrogen and oxygen atoms in total. The molecule has 1 fully saturated rings. The van der Waals surface area contributed by atoms with Crippen molar-refractivity contribution >= 4 is 0 Å². The summed E-state index contributed by atoms with van der Waals surface area (Å²) in [6.45, 7) is 4.42. The Morgan fingerprint density at radius 1 is 1.35 bits per heavy atom. The third kappa shape index (κ3) is 2.40. The van der Waals surface area contributed by atoms with Gasteiger partial charge in [0.2, 0.25) is 5.88 Å². The van der Waals surface area contributed by atoms with Crippen LogP contribution in [0.2, 0.25) is 0 Å². The molecule has 1 atom stereocenters. The van der Waals surface area contributed by atoms with Gasteiger partial charge in [0.15, 0.2) is 0 Å². The van der Waals surface area contributed by atoms with Crippen LogP contribution in [0.15, 0.2) is 12.4 Å². The van der Waals surface area contributed by atoms with E-state index in [1.54, 1.807) is 12.4 Å². The molecule has 0 aliphatic carbocycles. The number of aromatic nitrogens is 2. The lowest BCUT2D eigenvalue weighted by atomic mass is 9.82. The second kappa shape index (κ2) is 4.23. The average molecular weight is 238 g/mol. The molecular formula is C12H18N2O3. The van der Waals surface area contributed by atoms with Gasteiger partial charge in [-0.15, -0.1) is 0 Å². The first-order valence-corrected chi connectivity index (χ1v) is 5.69. The Balaban J connectivity index is 2.37. The summed E-state index contributed by atoms with van der Waals surface area (Å²) in [4.78, 5) is 8.30. The highest BCUT2D eigenvalue weighted by atomic mass is 16.5. The van der Waals surface area contributed by atoms with Crippen LogP contribution in [0.4, 0.5) is 0 Å². The fourth-order valence-corrected chi connectivity index (χ4v) is 2.34. The molecule has 17 heavy (non-hydrogen) atoms. The maximum absolute atomic E-state index is 10.7. The van der Waals surface area contributed by atoms with Crippen LogP contribution in [0.3, 0.4) is 0 Å². The van der Waals surface area contributed by atoms with Crippen molar-refractivity contribution in [2.75, 3.05) is 13.7 Å². The molecule has 5 heteroatoms. The molecule has 0 aromatic carbocycles. The number of methoxy groups -OCH3 is 1. The SMILES string of the molecule is COc1nccnc1C1(O)CCOC(C)(C)C1. The van der Waals surface area contributed by atoms with Crippen molar-refractivity contribution in [1.29, 1.82) is 0 Å². The van der Waals surface area contributed by atoms with Crippen molar-refractivity contribution in [2.24, 2.45) is 0 Å². The van der Waals surface area contributed by atoms with Crippen LogP contribution in [-0.4, -0.2) is 34.4 Å². The Labute approximate surface area is 101 Å². The highest BCUT2D eigenvalue weighted by Crippen LogP contribution is 2.40. The predicted octanol–water partition coefficient (Wildman–Crippen LogP) is 1.26. The maximum Gasteiger partial charge on any atom is 0.238 e. The quantitative estimate of drug-likeness (QED) is 0.840. The topological polar surface area (TPSA) is 64.5 Å². The molecule has 0 radical (unpaired) electrons. The Morgan fingerprint density at radius 3 is 2.71 bits per heavy atom. The van der Waals surface area contributed by atoms with Gasteiger partial charge in [-0.25, -0.2) is 4.98 Å². The Hall–Kier alpha value is -1.20. The molecule has 0 amide bonds. The van der Waals surface area contributed by atoms with Gasteiger partial charge in [0.25, 0.3) is 0 Å². The molecule has 1 aliphatic rings. The average Bonchev–Trinajstić information content (AvgIpc) is 2.27. The van der Waals surface area contributed by atoms with Crippen LogP contribution in [0, 0.1) is 0 Å². The number of rotatable bonds is 2. The van der Waals surface area contributed by atoms with Crippen molar-refractivity contribution in [3.8, 4) is 5.88 Å². The lowest BCUT2D eigenvalue weighted by molar-refractivity contribution is -0.150. The van der Waals surface area contributed by atoms with Gasteiger partial charge in [0.1, 0.15) is 11.3 Å². The molecule has 1 N–H and O–H groups in total. The van der Waals surface area contributed by atoms with Gasteiger partial charge < -0.3 is 14.6 Å². The van der Waals surface area contributed by atoms with Crippen LogP contribution in [-0.2, 0) is 10.3 Å². The second-order valence-corrected chi connectivity index (χ2v) is 4.98. The van der Waals surface area contributed by atoms with Crippen molar-refractivity contribution in [3.05, 3.63) is 18.1 Å². The minimum absolute atomic E-state index is 0.366. The fraction of sp³-hybridized carbons (Fsp3) is 0.667. The van der Waals surface area contributed by atoms with Crippen LogP contribution in [0.1, 0.15) is 32.4 Å². The summed E-state index contributed by atoms with van der Waals surface area (Å²) in [6, 6.07) is 0. The zero-order valence-corrected chi connectivity index (χ0v) is 10.4. The maximum atomic E-state index is 10.7.